The van der Waals surface area contributed by atoms with Gasteiger partial charge in [-0.3, -0.25) is 14.4 Å². The number of hydrogen-bond acceptors (Lipinski definition) is 3. The molecule has 102 valence electrons. The fourth-order valence-corrected chi connectivity index (χ4v) is 2.33. The lowest BCUT2D eigenvalue weighted by molar-refractivity contribution is -0.141. The second-order valence-corrected chi connectivity index (χ2v) is 4.89. The van der Waals surface area contributed by atoms with E-state index in [1.54, 1.807) is 7.05 Å². The van der Waals surface area contributed by atoms with Gasteiger partial charge in [0.05, 0.1) is 11.5 Å². The zero-order valence-electron chi connectivity index (χ0n) is 10.6. The van der Waals surface area contributed by atoms with E-state index < -0.39 is 5.97 Å². The maximum atomic E-state index is 12.0. The fraction of sp³-hybridized carbons (Fsp3) is 0.462. The zero-order valence-corrected chi connectivity index (χ0v) is 10.6. The predicted molar refractivity (Wildman–Crippen MR) is 67.9 cm³/mol. The van der Waals surface area contributed by atoms with E-state index >= 15 is 0 Å². The molecule has 1 saturated carbocycles. The van der Waals surface area contributed by atoms with Crippen molar-refractivity contribution < 1.29 is 14.7 Å². The highest BCUT2D eigenvalue weighted by molar-refractivity contribution is 5.94. The third-order valence-corrected chi connectivity index (χ3v) is 3.47. The first kappa shape index (κ1) is 13.3. The van der Waals surface area contributed by atoms with E-state index in [0.717, 1.165) is 0 Å². The molecule has 1 aliphatic rings. The number of amides is 1. The van der Waals surface area contributed by atoms with Crippen LogP contribution in [0.5, 0.6) is 0 Å². The smallest absolute Gasteiger partial charge is 0.306 e. The van der Waals surface area contributed by atoms with Crippen molar-refractivity contribution in [2.45, 2.75) is 25.3 Å². The van der Waals surface area contributed by atoms with Gasteiger partial charge in [0.2, 0.25) is 5.56 Å². The van der Waals surface area contributed by atoms with E-state index in [1.165, 1.54) is 22.9 Å². The highest BCUT2D eigenvalue weighted by Crippen LogP contribution is 2.25. The number of rotatable bonds is 3. The summed E-state index contributed by atoms with van der Waals surface area (Å²) in [6.45, 7) is 0. The van der Waals surface area contributed by atoms with Crippen molar-refractivity contribution in [3.8, 4) is 0 Å². The molecule has 0 aliphatic heterocycles. The van der Waals surface area contributed by atoms with Gasteiger partial charge >= 0.3 is 5.97 Å². The van der Waals surface area contributed by atoms with Crippen LogP contribution in [-0.4, -0.2) is 27.6 Å². The SMILES string of the molecule is Cn1cc(C(=O)N[C@H]2CC[C@@H](C(=O)O)C2)ccc1=O. The number of pyridine rings is 1. The molecule has 0 spiro atoms. The first-order valence-corrected chi connectivity index (χ1v) is 6.17. The van der Waals surface area contributed by atoms with Gasteiger partial charge in [0.15, 0.2) is 0 Å². The molecule has 0 radical (unpaired) electrons. The molecule has 1 amide bonds. The van der Waals surface area contributed by atoms with E-state index in [0.29, 0.717) is 24.8 Å². The Morgan fingerprint density at radius 2 is 2.11 bits per heavy atom. The lowest BCUT2D eigenvalue weighted by Crippen LogP contribution is -2.34. The summed E-state index contributed by atoms with van der Waals surface area (Å²) >= 11 is 0. The summed E-state index contributed by atoms with van der Waals surface area (Å²) in [5.41, 5.74) is 0.226. The van der Waals surface area contributed by atoms with Gasteiger partial charge in [-0.2, -0.15) is 0 Å². The lowest BCUT2D eigenvalue weighted by atomic mass is 10.1. The minimum Gasteiger partial charge on any atom is -0.481 e. The van der Waals surface area contributed by atoms with Crippen molar-refractivity contribution in [1.82, 2.24) is 9.88 Å². The molecular formula is C13H16N2O4. The average Bonchev–Trinajstić information content (AvgIpc) is 2.81. The van der Waals surface area contributed by atoms with Crippen LogP contribution < -0.4 is 10.9 Å². The van der Waals surface area contributed by atoms with Crippen LogP contribution in [0.1, 0.15) is 29.6 Å². The molecule has 0 aromatic carbocycles. The second kappa shape index (κ2) is 5.26. The summed E-state index contributed by atoms with van der Waals surface area (Å²) in [6.07, 6.45) is 3.20. The van der Waals surface area contributed by atoms with Crippen LogP contribution in [0.3, 0.4) is 0 Å². The standard InChI is InChI=1S/C13H16N2O4/c1-15-7-9(3-5-11(15)16)12(17)14-10-4-2-8(6-10)13(18)19/h3,5,7-8,10H,2,4,6H2,1H3,(H,14,17)(H,18,19)/t8-,10+/m1/s1. The topological polar surface area (TPSA) is 88.4 Å². The van der Waals surface area contributed by atoms with Crippen LogP contribution in [0.15, 0.2) is 23.1 Å². The minimum absolute atomic E-state index is 0.106. The number of carboxylic acids is 1. The molecule has 6 nitrogen and oxygen atoms in total. The first-order chi connectivity index (χ1) is 8.97. The molecule has 1 fully saturated rings. The van der Waals surface area contributed by atoms with Crippen molar-refractivity contribution in [3.63, 3.8) is 0 Å². The van der Waals surface area contributed by atoms with Gasteiger partial charge in [0.25, 0.3) is 5.91 Å². The maximum Gasteiger partial charge on any atom is 0.306 e. The van der Waals surface area contributed by atoms with Crippen LogP contribution in [0.25, 0.3) is 0 Å². The predicted octanol–water partition coefficient (Wildman–Crippen LogP) is 0.368. The van der Waals surface area contributed by atoms with Crippen molar-refractivity contribution in [1.29, 1.82) is 0 Å². The van der Waals surface area contributed by atoms with Crippen molar-refractivity contribution in [2.75, 3.05) is 0 Å². The normalized spacial score (nSPS) is 22.2. The lowest BCUT2D eigenvalue weighted by Gasteiger charge is -2.12. The molecule has 1 aliphatic carbocycles. The molecule has 2 rings (SSSR count). The monoisotopic (exact) mass is 264 g/mol. The number of aryl methyl sites for hydroxylation is 1. The highest BCUT2D eigenvalue weighted by atomic mass is 16.4. The molecule has 1 heterocycles. The summed E-state index contributed by atoms with van der Waals surface area (Å²) in [5.74, 6) is -1.45. The Morgan fingerprint density at radius 3 is 2.68 bits per heavy atom. The Kier molecular flexibility index (Phi) is 3.69. The summed E-state index contributed by atoms with van der Waals surface area (Å²) < 4.78 is 1.34. The number of nitrogens with one attached hydrogen (secondary N) is 1. The Labute approximate surface area is 110 Å². The highest BCUT2D eigenvalue weighted by Gasteiger charge is 2.30. The van der Waals surface area contributed by atoms with Crippen LogP contribution in [0.4, 0.5) is 0 Å². The number of hydrogen-bond donors (Lipinski definition) is 2. The molecule has 2 atom stereocenters. The third-order valence-electron chi connectivity index (χ3n) is 3.47. The average molecular weight is 264 g/mol. The maximum absolute atomic E-state index is 12.0. The number of nitrogens with zero attached hydrogens (tertiary/aromatic N) is 1. The summed E-state index contributed by atoms with van der Waals surface area (Å²) in [7, 11) is 1.58. The molecule has 0 unspecified atom stereocenters. The number of aromatic nitrogens is 1. The van der Waals surface area contributed by atoms with Crippen LogP contribution in [0, 0.1) is 5.92 Å². The Bertz CT molecular complexity index is 564. The zero-order chi connectivity index (χ0) is 14.0. The van der Waals surface area contributed by atoms with Gasteiger partial charge in [-0.25, -0.2) is 0 Å². The molecule has 1 aromatic rings. The van der Waals surface area contributed by atoms with E-state index in [-0.39, 0.29) is 23.4 Å². The third kappa shape index (κ3) is 3.01. The summed E-state index contributed by atoms with van der Waals surface area (Å²) in [6, 6.07) is 2.70. The van der Waals surface area contributed by atoms with Crippen LogP contribution in [-0.2, 0) is 11.8 Å². The quantitative estimate of drug-likeness (QED) is 0.825. The summed E-state index contributed by atoms with van der Waals surface area (Å²) in [4.78, 5) is 34.0. The van der Waals surface area contributed by atoms with Gasteiger partial charge < -0.3 is 15.0 Å². The molecule has 1 aromatic heterocycles. The molecule has 0 bridgehead atoms. The molecule has 19 heavy (non-hydrogen) atoms. The van der Waals surface area contributed by atoms with E-state index in [9.17, 15) is 14.4 Å². The number of carboxylic acid groups (broad SMARTS) is 1. The van der Waals surface area contributed by atoms with Crippen LogP contribution >= 0.6 is 0 Å². The van der Waals surface area contributed by atoms with Crippen molar-refractivity contribution in [2.24, 2.45) is 13.0 Å². The Morgan fingerprint density at radius 1 is 1.37 bits per heavy atom. The minimum atomic E-state index is -0.807. The number of carbonyl (C=O) groups is 2. The summed E-state index contributed by atoms with van der Waals surface area (Å²) in [5, 5.41) is 11.7. The molecule has 0 saturated heterocycles. The van der Waals surface area contributed by atoms with E-state index in [2.05, 4.69) is 5.32 Å². The first-order valence-electron chi connectivity index (χ1n) is 6.17. The van der Waals surface area contributed by atoms with Gasteiger partial charge in [-0.15, -0.1) is 0 Å². The molecule has 2 N–H and O–H groups in total. The van der Waals surface area contributed by atoms with Gasteiger partial charge in [0.1, 0.15) is 0 Å². The number of aliphatic carboxylic acids is 1. The van der Waals surface area contributed by atoms with Gasteiger partial charge in [-0.05, 0) is 25.3 Å². The fourth-order valence-electron chi connectivity index (χ4n) is 2.33. The van der Waals surface area contributed by atoms with Crippen LogP contribution in [0.2, 0.25) is 0 Å². The largest absolute Gasteiger partial charge is 0.481 e. The van der Waals surface area contributed by atoms with E-state index in [4.69, 9.17) is 5.11 Å². The Balaban J connectivity index is 2.00. The molecule has 6 heteroatoms. The molecular weight excluding hydrogens is 248 g/mol. The van der Waals surface area contributed by atoms with Crippen molar-refractivity contribution in [3.05, 3.63) is 34.2 Å². The van der Waals surface area contributed by atoms with Crippen molar-refractivity contribution >= 4 is 11.9 Å². The van der Waals surface area contributed by atoms with Gasteiger partial charge in [0, 0.05) is 25.4 Å². The Hall–Kier alpha value is -2.11. The van der Waals surface area contributed by atoms with Gasteiger partial charge in [-0.1, -0.05) is 0 Å². The van der Waals surface area contributed by atoms with E-state index in [1.807, 2.05) is 0 Å². The number of carbonyl (C=O) groups excluding carboxylic acids is 1. The second-order valence-electron chi connectivity index (χ2n) is 4.89.